The van der Waals surface area contributed by atoms with Gasteiger partial charge in [-0.3, -0.25) is 9.88 Å². The van der Waals surface area contributed by atoms with Gasteiger partial charge in [0.05, 0.1) is 11.4 Å². The van der Waals surface area contributed by atoms with Crippen LogP contribution < -0.4 is 5.73 Å². The lowest BCUT2D eigenvalue weighted by Crippen LogP contribution is -2.50. The monoisotopic (exact) mass is 234 g/mol. The van der Waals surface area contributed by atoms with Crippen LogP contribution in [0.15, 0.2) is 18.3 Å². The fourth-order valence-electron chi connectivity index (χ4n) is 2.39. The summed E-state index contributed by atoms with van der Waals surface area (Å²) in [5.74, 6) is 0. The summed E-state index contributed by atoms with van der Waals surface area (Å²) < 4.78 is 0. The van der Waals surface area contributed by atoms with Gasteiger partial charge < -0.3 is 10.6 Å². The summed E-state index contributed by atoms with van der Waals surface area (Å²) in [7, 11) is 2.21. The highest BCUT2D eigenvalue weighted by Crippen LogP contribution is 2.15. The maximum absolute atomic E-state index is 5.93. The largest absolute Gasteiger partial charge is 0.397 e. The number of hydrogen-bond acceptors (Lipinski definition) is 4. The molecule has 1 atom stereocenters. The molecule has 1 fully saturated rings. The third-order valence-electron chi connectivity index (χ3n) is 3.63. The molecule has 0 amide bonds. The number of hydrogen-bond donors (Lipinski definition) is 1. The first-order valence-corrected chi connectivity index (χ1v) is 6.32. The molecule has 1 aromatic rings. The molecule has 1 saturated heterocycles. The Bertz CT molecular complexity index is 366. The molecule has 4 nitrogen and oxygen atoms in total. The Labute approximate surface area is 103 Å². The van der Waals surface area contributed by atoms with Gasteiger partial charge in [0.15, 0.2) is 0 Å². The van der Waals surface area contributed by atoms with E-state index >= 15 is 0 Å². The topological polar surface area (TPSA) is 45.4 Å². The quantitative estimate of drug-likeness (QED) is 0.853. The van der Waals surface area contributed by atoms with Gasteiger partial charge >= 0.3 is 0 Å². The summed E-state index contributed by atoms with van der Waals surface area (Å²) in [5, 5.41) is 0. The van der Waals surface area contributed by atoms with E-state index in [-0.39, 0.29) is 0 Å². The van der Waals surface area contributed by atoms with Crippen LogP contribution in [0.25, 0.3) is 0 Å². The van der Waals surface area contributed by atoms with E-state index in [1.165, 1.54) is 6.42 Å². The van der Waals surface area contributed by atoms with Gasteiger partial charge in [-0.2, -0.15) is 0 Å². The van der Waals surface area contributed by atoms with Crippen molar-refractivity contribution in [3.8, 4) is 0 Å². The summed E-state index contributed by atoms with van der Waals surface area (Å²) in [5.41, 5.74) is 7.74. The number of nitrogens with two attached hydrogens (primary N) is 1. The molecule has 0 bridgehead atoms. The van der Waals surface area contributed by atoms with Crippen molar-refractivity contribution in [1.29, 1.82) is 0 Å². The Kier molecular flexibility index (Phi) is 3.97. The van der Waals surface area contributed by atoms with Gasteiger partial charge in [0, 0.05) is 38.4 Å². The van der Waals surface area contributed by atoms with Crippen molar-refractivity contribution >= 4 is 5.69 Å². The highest BCUT2D eigenvalue weighted by atomic mass is 15.3. The van der Waals surface area contributed by atoms with Crippen molar-refractivity contribution in [3.63, 3.8) is 0 Å². The molecular weight excluding hydrogens is 212 g/mol. The van der Waals surface area contributed by atoms with Crippen LogP contribution in [0.5, 0.6) is 0 Å². The standard InChI is InChI=1S/C13H22N4/c1-3-11-9-17(8-7-16(11)2)10-13-12(14)5-4-6-15-13/h4-6,11H,3,7-10,14H2,1-2H3. The average molecular weight is 234 g/mol. The van der Waals surface area contributed by atoms with Crippen molar-refractivity contribution < 1.29 is 0 Å². The second kappa shape index (κ2) is 5.47. The van der Waals surface area contributed by atoms with Gasteiger partial charge in [-0.15, -0.1) is 0 Å². The van der Waals surface area contributed by atoms with Crippen molar-refractivity contribution in [2.45, 2.75) is 25.9 Å². The molecule has 0 saturated carbocycles. The second-order valence-corrected chi connectivity index (χ2v) is 4.82. The van der Waals surface area contributed by atoms with Gasteiger partial charge in [-0.05, 0) is 25.6 Å². The summed E-state index contributed by atoms with van der Waals surface area (Å²) >= 11 is 0. The normalized spacial score (nSPS) is 22.8. The van der Waals surface area contributed by atoms with E-state index < -0.39 is 0 Å². The Hall–Kier alpha value is -1.13. The molecule has 2 rings (SSSR count). The van der Waals surface area contributed by atoms with Crippen molar-refractivity contribution in [2.24, 2.45) is 0 Å². The number of nitrogen functional groups attached to an aromatic ring is 1. The molecule has 0 radical (unpaired) electrons. The second-order valence-electron chi connectivity index (χ2n) is 4.82. The Morgan fingerprint density at radius 2 is 2.29 bits per heavy atom. The van der Waals surface area contributed by atoms with Crippen molar-refractivity contribution in [2.75, 3.05) is 32.4 Å². The molecule has 0 aromatic carbocycles. The lowest BCUT2D eigenvalue weighted by molar-refractivity contribution is 0.0877. The van der Waals surface area contributed by atoms with Gasteiger partial charge in [-0.1, -0.05) is 6.92 Å². The van der Waals surface area contributed by atoms with Crippen LogP contribution in [-0.2, 0) is 6.54 Å². The highest BCUT2D eigenvalue weighted by Gasteiger charge is 2.23. The Morgan fingerprint density at radius 3 is 3.00 bits per heavy atom. The SMILES string of the molecule is CCC1CN(Cc2ncccc2N)CCN1C. The number of anilines is 1. The fourth-order valence-corrected chi connectivity index (χ4v) is 2.39. The predicted octanol–water partition coefficient (Wildman–Crippen LogP) is 1.19. The van der Waals surface area contributed by atoms with E-state index in [9.17, 15) is 0 Å². The minimum Gasteiger partial charge on any atom is -0.397 e. The maximum atomic E-state index is 5.93. The summed E-state index contributed by atoms with van der Waals surface area (Å²) in [6, 6.07) is 4.47. The van der Waals surface area contributed by atoms with Crippen LogP contribution in [0, 0.1) is 0 Å². The maximum Gasteiger partial charge on any atom is 0.0772 e. The van der Waals surface area contributed by atoms with E-state index in [0.29, 0.717) is 6.04 Å². The van der Waals surface area contributed by atoms with Gasteiger partial charge in [-0.25, -0.2) is 0 Å². The number of nitrogens with zero attached hydrogens (tertiary/aromatic N) is 3. The van der Waals surface area contributed by atoms with E-state index in [1.54, 1.807) is 0 Å². The first-order valence-electron chi connectivity index (χ1n) is 6.32. The van der Waals surface area contributed by atoms with E-state index in [2.05, 4.69) is 28.8 Å². The molecule has 2 heterocycles. The number of likely N-dealkylation sites (N-methyl/N-ethyl adjacent to an activating group) is 1. The van der Waals surface area contributed by atoms with Crippen LogP contribution in [0.1, 0.15) is 19.0 Å². The van der Waals surface area contributed by atoms with Gasteiger partial charge in [0.2, 0.25) is 0 Å². The highest BCUT2D eigenvalue weighted by molar-refractivity contribution is 5.41. The number of rotatable bonds is 3. The van der Waals surface area contributed by atoms with Gasteiger partial charge in [0.1, 0.15) is 0 Å². The molecule has 1 unspecified atom stereocenters. The minimum atomic E-state index is 0.661. The third kappa shape index (κ3) is 2.96. The van der Waals surface area contributed by atoms with Crippen molar-refractivity contribution in [1.82, 2.24) is 14.8 Å². The van der Waals surface area contributed by atoms with Gasteiger partial charge in [0.25, 0.3) is 0 Å². The molecule has 0 aliphatic carbocycles. The molecule has 1 aromatic heterocycles. The van der Waals surface area contributed by atoms with Crippen LogP contribution in [0.4, 0.5) is 5.69 Å². The molecular formula is C13H22N4. The summed E-state index contributed by atoms with van der Waals surface area (Å²) in [6.45, 7) is 6.47. The number of piperazine rings is 1. The van der Waals surface area contributed by atoms with Crippen LogP contribution in [0.2, 0.25) is 0 Å². The van der Waals surface area contributed by atoms with E-state index in [0.717, 1.165) is 37.6 Å². The van der Waals surface area contributed by atoms with Crippen molar-refractivity contribution in [3.05, 3.63) is 24.0 Å². The smallest absolute Gasteiger partial charge is 0.0772 e. The first-order chi connectivity index (χ1) is 8.20. The number of pyridine rings is 1. The molecule has 4 heteroatoms. The lowest BCUT2D eigenvalue weighted by atomic mass is 10.1. The Balaban J connectivity index is 1.98. The molecule has 2 N–H and O–H groups in total. The first kappa shape index (κ1) is 12.3. The molecule has 0 spiro atoms. The summed E-state index contributed by atoms with van der Waals surface area (Å²) in [6.07, 6.45) is 3.02. The average Bonchev–Trinajstić information content (AvgIpc) is 2.34. The van der Waals surface area contributed by atoms with Crippen LogP contribution >= 0.6 is 0 Å². The summed E-state index contributed by atoms with van der Waals surface area (Å²) in [4.78, 5) is 9.26. The zero-order valence-electron chi connectivity index (χ0n) is 10.8. The van der Waals surface area contributed by atoms with E-state index in [1.807, 2.05) is 18.3 Å². The molecule has 94 valence electrons. The Morgan fingerprint density at radius 1 is 1.47 bits per heavy atom. The predicted molar refractivity (Wildman–Crippen MR) is 70.6 cm³/mol. The minimum absolute atomic E-state index is 0.661. The third-order valence-corrected chi connectivity index (χ3v) is 3.63. The lowest BCUT2D eigenvalue weighted by Gasteiger charge is -2.39. The van der Waals surface area contributed by atoms with E-state index in [4.69, 9.17) is 5.73 Å². The van der Waals surface area contributed by atoms with Crippen LogP contribution in [-0.4, -0.2) is 47.5 Å². The zero-order chi connectivity index (χ0) is 12.3. The molecule has 1 aliphatic rings. The fraction of sp³-hybridized carbons (Fsp3) is 0.615. The number of aromatic nitrogens is 1. The van der Waals surface area contributed by atoms with Crippen LogP contribution in [0.3, 0.4) is 0 Å². The molecule has 17 heavy (non-hydrogen) atoms. The zero-order valence-corrected chi connectivity index (χ0v) is 10.8. The molecule has 1 aliphatic heterocycles.